The zero-order valence-electron chi connectivity index (χ0n) is 6.02. The van der Waals surface area contributed by atoms with Gasteiger partial charge in [0.2, 0.25) is 0 Å². The first-order valence-electron chi connectivity index (χ1n) is 3.14. The van der Waals surface area contributed by atoms with Crippen molar-refractivity contribution in [1.82, 2.24) is 20.1 Å². The zero-order chi connectivity index (χ0) is 6.69. The molecule has 1 rings (SSSR count). The molecule has 0 atom stereocenters. The third-order valence-electron chi connectivity index (χ3n) is 1.40. The first kappa shape index (κ1) is 7.15. The third-order valence-corrected chi connectivity index (χ3v) is 1.40. The van der Waals surface area contributed by atoms with Gasteiger partial charge in [-0.05, 0) is 14.1 Å². The third kappa shape index (κ3) is 2.02. The van der Waals surface area contributed by atoms with Crippen molar-refractivity contribution in [1.29, 1.82) is 0 Å². The number of nitrogens with one attached hydrogen (secondary N) is 2. The van der Waals surface area contributed by atoms with Gasteiger partial charge < -0.3 is 10.3 Å². The molecule has 1 saturated heterocycles. The molecule has 0 saturated carbocycles. The highest BCUT2D eigenvalue weighted by atomic mass is 15.6. The maximum absolute atomic E-state index is 3.19. The van der Waals surface area contributed by atoms with Gasteiger partial charge in [-0.3, -0.25) is 9.84 Å². The Balaban J connectivity index is 2.23. The predicted molar refractivity (Wildman–Crippen MR) is 43.2 cm³/mol. The minimum Gasteiger partial charge on any atom is -0.377 e. The molecule has 4 nitrogen and oxygen atoms in total. The molecular weight excluding hydrogens is 112 g/mol. The van der Waals surface area contributed by atoms with E-state index in [2.05, 4.69) is 20.1 Å². The SMILES string of the molecule is CN(C)N1BNBNB1. The Hall–Kier alpha value is 0.0348. The molecule has 0 radical (unpaired) electrons. The second-order valence-corrected chi connectivity index (χ2v) is 2.35. The standard InChI is InChI=1S/C2H11B3N4/c1-8(2)9-4-6-3-7-5-9/h3-7H,1-2H3. The highest BCUT2D eigenvalue weighted by Crippen LogP contribution is 1.82. The minimum absolute atomic E-state index is 0.921. The van der Waals surface area contributed by atoms with Crippen molar-refractivity contribution in [3.05, 3.63) is 0 Å². The monoisotopic (exact) mass is 124 g/mol. The Labute approximate surface area is 57.8 Å². The Kier molecular flexibility index (Phi) is 2.59. The molecule has 1 heterocycles. The van der Waals surface area contributed by atoms with Crippen LogP contribution in [0.25, 0.3) is 0 Å². The normalized spacial score (nSPS) is 20.3. The summed E-state index contributed by atoms with van der Waals surface area (Å²) in [6.07, 6.45) is 0. The van der Waals surface area contributed by atoms with Crippen LogP contribution in [0.5, 0.6) is 0 Å². The molecule has 1 aliphatic heterocycles. The summed E-state index contributed by atoms with van der Waals surface area (Å²) in [6.45, 7) is 0. The van der Waals surface area contributed by atoms with E-state index < -0.39 is 0 Å². The fourth-order valence-electron chi connectivity index (χ4n) is 0.797. The van der Waals surface area contributed by atoms with E-state index >= 15 is 0 Å². The highest BCUT2D eigenvalue weighted by Gasteiger charge is 2.13. The van der Waals surface area contributed by atoms with Crippen LogP contribution in [0, 0.1) is 0 Å². The van der Waals surface area contributed by atoms with Gasteiger partial charge in [-0.2, -0.15) is 0 Å². The molecular formula is C2H11B3N4. The second-order valence-electron chi connectivity index (χ2n) is 2.35. The van der Waals surface area contributed by atoms with Crippen molar-refractivity contribution in [3.8, 4) is 0 Å². The highest BCUT2D eigenvalue weighted by molar-refractivity contribution is 6.65. The molecule has 0 aliphatic carbocycles. The van der Waals surface area contributed by atoms with Crippen molar-refractivity contribution in [3.63, 3.8) is 0 Å². The van der Waals surface area contributed by atoms with E-state index in [1.807, 2.05) is 14.1 Å². The average Bonchev–Trinajstić information content (AvgIpc) is 1.90. The molecule has 0 aromatic rings. The minimum atomic E-state index is 0.921. The average molecular weight is 124 g/mol. The quantitative estimate of drug-likeness (QED) is 0.359. The lowest BCUT2D eigenvalue weighted by molar-refractivity contribution is 0.223. The van der Waals surface area contributed by atoms with Crippen LogP contribution in [0.3, 0.4) is 0 Å². The lowest BCUT2D eigenvalue weighted by Crippen LogP contribution is -2.61. The van der Waals surface area contributed by atoms with Gasteiger partial charge in [0.15, 0.2) is 0 Å². The molecule has 0 aromatic carbocycles. The first-order valence-corrected chi connectivity index (χ1v) is 3.14. The summed E-state index contributed by atoms with van der Waals surface area (Å²) in [5, 5.41) is 8.45. The number of hydrazine groups is 1. The van der Waals surface area contributed by atoms with Crippen LogP contribution in [0.1, 0.15) is 0 Å². The summed E-state index contributed by atoms with van der Waals surface area (Å²) in [4.78, 5) is 2.17. The molecule has 0 unspecified atom stereocenters. The van der Waals surface area contributed by atoms with Gasteiger partial charge in [-0.25, -0.2) is 0 Å². The first-order chi connectivity index (χ1) is 4.30. The lowest BCUT2D eigenvalue weighted by atomic mass is 9.83. The van der Waals surface area contributed by atoms with Crippen LogP contribution in [0.15, 0.2) is 0 Å². The Bertz CT molecular complexity index is 81.9. The summed E-state index contributed by atoms with van der Waals surface area (Å²) < 4.78 is 0. The van der Waals surface area contributed by atoms with E-state index in [0.717, 1.165) is 22.6 Å². The largest absolute Gasteiger partial charge is 0.377 e. The maximum Gasteiger partial charge on any atom is 0.282 e. The summed E-state index contributed by atoms with van der Waals surface area (Å²) in [6, 6.07) is 0. The van der Waals surface area contributed by atoms with Gasteiger partial charge in [0, 0.05) is 0 Å². The van der Waals surface area contributed by atoms with E-state index in [9.17, 15) is 0 Å². The summed E-state index contributed by atoms with van der Waals surface area (Å²) in [7, 11) is 6.88. The summed E-state index contributed by atoms with van der Waals surface area (Å²) in [5.41, 5.74) is 0. The van der Waals surface area contributed by atoms with Crippen molar-refractivity contribution in [2.75, 3.05) is 14.1 Å². The Morgan fingerprint density at radius 2 is 1.78 bits per heavy atom. The molecule has 0 bridgehead atoms. The van der Waals surface area contributed by atoms with E-state index in [4.69, 9.17) is 0 Å². The molecule has 7 heteroatoms. The number of nitrogens with zero attached hydrogens (tertiary/aromatic N) is 2. The van der Waals surface area contributed by atoms with Crippen molar-refractivity contribution in [2.45, 2.75) is 0 Å². The number of rotatable bonds is 1. The molecule has 0 aromatic heterocycles. The Morgan fingerprint density at radius 3 is 2.11 bits per heavy atom. The topological polar surface area (TPSA) is 30.5 Å². The van der Waals surface area contributed by atoms with Crippen molar-refractivity contribution < 1.29 is 0 Å². The predicted octanol–water partition coefficient (Wildman–Crippen LogP) is -3.24. The number of hydrogen-bond acceptors (Lipinski definition) is 4. The molecule has 9 heavy (non-hydrogen) atoms. The van der Waals surface area contributed by atoms with E-state index in [0.29, 0.717) is 0 Å². The summed E-state index contributed by atoms with van der Waals surface area (Å²) in [5.74, 6) is 0. The van der Waals surface area contributed by atoms with Gasteiger partial charge in [0.1, 0.15) is 0 Å². The van der Waals surface area contributed by atoms with Gasteiger partial charge in [-0.1, -0.05) is 0 Å². The van der Waals surface area contributed by atoms with Crippen molar-refractivity contribution in [2.24, 2.45) is 0 Å². The van der Waals surface area contributed by atoms with Crippen molar-refractivity contribution >= 4 is 22.6 Å². The Morgan fingerprint density at radius 1 is 1.22 bits per heavy atom. The van der Waals surface area contributed by atoms with E-state index in [1.165, 1.54) is 0 Å². The summed E-state index contributed by atoms with van der Waals surface area (Å²) >= 11 is 0. The van der Waals surface area contributed by atoms with Gasteiger partial charge in [0.05, 0.1) is 0 Å². The van der Waals surface area contributed by atoms with Crippen LogP contribution in [-0.4, -0.2) is 46.6 Å². The zero-order valence-corrected chi connectivity index (χ0v) is 6.02. The van der Waals surface area contributed by atoms with Crippen LogP contribution >= 0.6 is 0 Å². The van der Waals surface area contributed by atoms with Gasteiger partial charge in [-0.15, -0.1) is 0 Å². The molecule has 0 spiro atoms. The van der Waals surface area contributed by atoms with E-state index in [-0.39, 0.29) is 0 Å². The van der Waals surface area contributed by atoms with Crippen LogP contribution in [0.4, 0.5) is 0 Å². The molecule has 2 N–H and O–H groups in total. The van der Waals surface area contributed by atoms with Gasteiger partial charge >= 0.3 is 0 Å². The molecule has 0 amide bonds. The van der Waals surface area contributed by atoms with Crippen LogP contribution in [0.2, 0.25) is 0 Å². The molecule has 1 aliphatic rings. The van der Waals surface area contributed by atoms with E-state index in [1.54, 1.807) is 0 Å². The lowest BCUT2D eigenvalue weighted by Gasteiger charge is -2.31. The molecule has 1 fully saturated rings. The fourth-order valence-corrected chi connectivity index (χ4v) is 0.797. The smallest absolute Gasteiger partial charge is 0.282 e. The van der Waals surface area contributed by atoms with Crippen LogP contribution < -0.4 is 10.3 Å². The number of hydrogen-bond donors (Lipinski definition) is 2. The van der Waals surface area contributed by atoms with Crippen LogP contribution in [-0.2, 0) is 0 Å². The fraction of sp³-hybridized carbons (Fsp3) is 1.00. The maximum atomic E-state index is 3.19. The molecule has 48 valence electrons. The van der Waals surface area contributed by atoms with Gasteiger partial charge in [0.25, 0.3) is 22.6 Å². The second kappa shape index (κ2) is 3.27.